The maximum Gasteiger partial charge on any atom is 0.374 e. The molecule has 0 aliphatic carbocycles. The molecule has 1 N–H and O–H groups in total. The van der Waals surface area contributed by atoms with Crippen LogP contribution in [0.1, 0.15) is 10.6 Å². The van der Waals surface area contributed by atoms with Gasteiger partial charge in [-0.15, -0.1) is 0 Å². The molecule has 88 valence electrons. The fraction of sp³-hybridized carbons (Fsp3) is 0. The second kappa shape index (κ2) is 3.92. The minimum Gasteiger partial charge on any atom is -0.475 e. The van der Waals surface area contributed by atoms with Gasteiger partial charge in [-0.25, -0.2) is 14.8 Å². The van der Waals surface area contributed by atoms with Gasteiger partial charge < -0.3 is 5.11 Å². The first-order valence-corrected chi connectivity index (χ1v) is 5.25. The van der Waals surface area contributed by atoms with E-state index in [1.165, 1.54) is 11.0 Å². The number of rotatable bonds is 2. The van der Waals surface area contributed by atoms with E-state index >= 15 is 0 Å². The molecular weight excluding hydrogens is 232 g/mol. The average Bonchev–Trinajstić information content (AvgIpc) is 2.87. The van der Waals surface area contributed by atoms with Crippen molar-refractivity contribution in [3.05, 3.63) is 48.5 Å². The Morgan fingerprint density at radius 2 is 2.00 bits per heavy atom. The molecule has 0 amide bonds. The molecule has 0 fully saturated rings. The van der Waals surface area contributed by atoms with Crippen molar-refractivity contribution in [2.75, 3.05) is 0 Å². The maximum absolute atomic E-state index is 11.0. The van der Waals surface area contributed by atoms with Crippen LogP contribution in [0.25, 0.3) is 16.7 Å². The van der Waals surface area contributed by atoms with Crippen LogP contribution in [-0.2, 0) is 0 Å². The van der Waals surface area contributed by atoms with Gasteiger partial charge in [-0.2, -0.15) is 9.78 Å². The van der Waals surface area contributed by atoms with Gasteiger partial charge in [0.2, 0.25) is 5.82 Å². The van der Waals surface area contributed by atoms with E-state index in [4.69, 9.17) is 5.11 Å². The van der Waals surface area contributed by atoms with Crippen LogP contribution in [0, 0.1) is 0 Å². The number of carboxylic acid groups (broad SMARTS) is 1. The summed E-state index contributed by atoms with van der Waals surface area (Å²) in [6.45, 7) is 0. The predicted octanol–water partition coefficient (Wildman–Crippen LogP) is 1.51. The van der Waals surface area contributed by atoms with Gasteiger partial charge in [-0.3, -0.25) is 0 Å². The zero-order valence-electron chi connectivity index (χ0n) is 9.19. The molecule has 2 heterocycles. The molecule has 6 heteroatoms. The van der Waals surface area contributed by atoms with Crippen LogP contribution in [-0.4, -0.2) is 30.8 Å². The summed E-state index contributed by atoms with van der Waals surface area (Å²) in [6, 6.07) is 11.2. The third-order valence-corrected chi connectivity index (χ3v) is 2.54. The minimum atomic E-state index is -1.14. The molecule has 18 heavy (non-hydrogen) atoms. The summed E-state index contributed by atoms with van der Waals surface area (Å²) < 4.78 is 1.20. The van der Waals surface area contributed by atoms with Gasteiger partial charge >= 0.3 is 5.97 Å². The third-order valence-electron chi connectivity index (χ3n) is 2.54. The van der Waals surface area contributed by atoms with Gasteiger partial charge in [0.1, 0.15) is 6.33 Å². The van der Waals surface area contributed by atoms with Crippen LogP contribution in [0.4, 0.5) is 0 Å². The number of hydrogen-bond donors (Lipinski definition) is 1. The first-order valence-electron chi connectivity index (χ1n) is 5.25. The molecule has 2 aromatic heterocycles. The number of aromatic nitrogens is 4. The van der Waals surface area contributed by atoms with E-state index in [1.807, 2.05) is 30.3 Å². The Labute approximate surface area is 102 Å². The molecule has 0 saturated carbocycles. The predicted molar refractivity (Wildman–Crippen MR) is 63.6 cm³/mol. The molecule has 0 unspecified atom stereocenters. The Balaban J connectivity index is 2.19. The first kappa shape index (κ1) is 10.4. The topological polar surface area (TPSA) is 80.9 Å². The molecule has 0 saturated heterocycles. The van der Waals surface area contributed by atoms with Crippen molar-refractivity contribution in [3.63, 3.8) is 0 Å². The zero-order valence-corrected chi connectivity index (χ0v) is 9.19. The number of nitrogens with zero attached hydrogens (tertiary/aromatic N) is 4. The van der Waals surface area contributed by atoms with E-state index in [0.717, 1.165) is 10.9 Å². The highest BCUT2D eigenvalue weighted by molar-refractivity contribution is 5.84. The van der Waals surface area contributed by atoms with E-state index in [1.54, 1.807) is 6.07 Å². The van der Waals surface area contributed by atoms with Crippen molar-refractivity contribution in [3.8, 4) is 5.82 Å². The first-order chi connectivity index (χ1) is 8.75. The van der Waals surface area contributed by atoms with Gasteiger partial charge in [0, 0.05) is 5.39 Å². The smallest absolute Gasteiger partial charge is 0.374 e. The van der Waals surface area contributed by atoms with Crippen molar-refractivity contribution in [1.29, 1.82) is 0 Å². The monoisotopic (exact) mass is 240 g/mol. The Morgan fingerprint density at radius 3 is 2.83 bits per heavy atom. The molecule has 0 atom stereocenters. The summed E-state index contributed by atoms with van der Waals surface area (Å²) in [6.07, 6.45) is 1.19. The van der Waals surface area contributed by atoms with Crippen LogP contribution in [0.5, 0.6) is 0 Å². The number of pyridine rings is 1. The summed E-state index contributed by atoms with van der Waals surface area (Å²) in [5.74, 6) is -0.858. The molecule has 0 aliphatic heterocycles. The lowest BCUT2D eigenvalue weighted by Crippen LogP contribution is -2.10. The van der Waals surface area contributed by atoms with Crippen LogP contribution < -0.4 is 0 Å². The number of benzene rings is 1. The van der Waals surface area contributed by atoms with Crippen molar-refractivity contribution in [1.82, 2.24) is 19.7 Å². The van der Waals surface area contributed by atoms with Gasteiger partial charge in [0.05, 0.1) is 5.52 Å². The van der Waals surface area contributed by atoms with E-state index < -0.39 is 5.97 Å². The highest BCUT2D eigenvalue weighted by Crippen LogP contribution is 2.14. The Kier molecular flexibility index (Phi) is 2.26. The van der Waals surface area contributed by atoms with Crippen LogP contribution in [0.2, 0.25) is 0 Å². The van der Waals surface area contributed by atoms with Crippen molar-refractivity contribution < 1.29 is 9.90 Å². The number of hydrogen-bond acceptors (Lipinski definition) is 4. The highest BCUT2D eigenvalue weighted by Gasteiger charge is 2.14. The van der Waals surface area contributed by atoms with E-state index in [9.17, 15) is 4.79 Å². The lowest BCUT2D eigenvalue weighted by atomic mass is 10.2. The van der Waals surface area contributed by atoms with Crippen LogP contribution in [0.15, 0.2) is 42.7 Å². The van der Waals surface area contributed by atoms with Crippen LogP contribution >= 0.6 is 0 Å². The Morgan fingerprint density at radius 1 is 1.17 bits per heavy atom. The second-order valence-corrected chi connectivity index (χ2v) is 3.66. The summed E-state index contributed by atoms with van der Waals surface area (Å²) in [5.41, 5.74) is 0.779. The fourth-order valence-corrected chi connectivity index (χ4v) is 1.73. The standard InChI is InChI=1S/C12H8N4O2/c17-12(18)11-13-7-14-16(11)10-6-5-8-3-1-2-4-9(8)15-10/h1-7H,(H,17,18). The van der Waals surface area contributed by atoms with Gasteiger partial charge in [0.25, 0.3) is 0 Å². The molecular formula is C12H8N4O2. The molecule has 0 radical (unpaired) electrons. The molecule has 3 rings (SSSR count). The summed E-state index contributed by atoms with van der Waals surface area (Å²) in [7, 11) is 0. The number of carbonyl (C=O) groups is 1. The van der Waals surface area contributed by atoms with Gasteiger partial charge in [-0.1, -0.05) is 18.2 Å². The molecule has 3 aromatic rings. The minimum absolute atomic E-state index is 0.155. The lowest BCUT2D eigenvalue weighted by molar-refractivity contribution is 0.0680. The number of para-hydroxylation sites is 1. The lowest BCUT2D eigenvalue weighted by Gasteiger charge is -2.03. The number of aromatic carboxylic acids is 1. The quantitative estimate of drug-likeness (QED) is 0.734. The SMILES string of the molecule is O=C(O)c1ncnn1-c1ccc2ccccc2n1. The average molecular weight is 240 g/mol. The van der Waals surface area contributed by atoms with E-state index in [2.05, 4.69) is 15.1 Å². The van der Waals surface area contributed by atoms with Gasteiger partial charge in [-0.05, 0) is 18.2 Å². The molecule has 6 nitrogen and oxygen atoms in total. The maximum atomic E-state index is 11.0. The largest absolute Gasteiger partial charge is 0.475 e. The molecule has 1 aromatic carbocycles. The summed E-state index contributed by atoms with van der Waals surface area (Å²) >= 11 is 0. The second-order valence-electron chi connectivity index (χ2n) is 3.66. The fourth-order valence-electron chi connectivity index (χ4n) is 1.73. The number of fused-ring (bicyclic) bond motifs is 1. The summed E-state index contributed by atoms with van der Waals surface area (Å²) in [4.78, 5) is 19.0. The molecule has 0 aliphatic rings. The normalized spacial score (nSPS) is 10.7. The van der Waals surface area contributed by atoms with Crippen molar-refractivity contribution >= 4 is 16.9 Å². The third kappa shape index (κ3) is 1.60. The van der Waals surface area contributed by atoms with Crippen molar-refractivity contribution in [2.24, 2.45) is 0 Å². The van der Waals surface area contributed by atoms with E-state index in [0.29, 0.717) is 5.82 Å². The van der Waals surface area contributed by atoms with Gasteiger partial charge in [0.15, 0.2) is 5.82 Å². The Bertz CT molecular complexity index is 736. The van der Waals surface area contributed by atoms with Crippen molar-refractivity contribution in [2.45, 2.75) is 0 Å². The van der Waals surface area contributed by atoms with E-state index in [-0.39, 0.29) is 5.82 Å². The zero-order chi connectivity index (χ0) is 12.5. The highest BCUT2D eigenvalue weighted by atomic mass is 16.4. The molecule has 0 bridgehead atoms. The summed E-state index contributed by atoms with van der Waals surface area (Å²) in [5, 5.41) is 13.8. The molecule has 0 spiro atoms. The number of carboxylic acids is 1. The Hall–Kier alpha value is -2.76. The van der Waals surface area contributed by atoms with Crippen LogP contribution in [0.3, 0.4) is 0 Å².